The Kier molecular flexibility index (Phi) is 4.54. The van der Waals surface area contributed by atoms with Gasteiger partial charge in [0.1, 0.15) is 0 Å². The second-order valence-electron chi connectivity index (χ2n) is 4.92. The number of rotatable bonds is 3. The number of piperidine rings is 1. The summed E-state index contributed by atoms with van der Waals surface area (Å²) in [7, 11) is 0. The fourth-order valence-corrected chi connectivity index (χ4v) is 2.48. The highest BCUT2D eigenvalue weighted by molar-refractivity contribution is 5.78. The van der Waals surface area contributed by atoms with Crippen molar-refractivity contribution >= 4 is 11.9 Å². The Hall–Kier alpha value is -1.14. The van der Waals surface area contributed by atoms with E-state index in [4.69, 9.17) is 9.84 Å². The third-order valence-electron chi connectivity index (χ3n) is 3.53. The van der Waals surface area contributed by atoms with Gasteiger partial charge in [-0.2, -0.15) is 0 Å². The summed E-state index contributed by atoms with van der Waals surface area (Å²) in [6.07, 6.45) is 1.71. The minimum atomic E-state index is -0.803. The number of nitrogens with one attached hydrogen (secondary N) is 1. The molecule has 18 heavy (non-hydrogen) atoms. The maximum Gasteiger partial charge on any atom is 0.308 e. The summed E-state index contributed by atoms with van der Waals surface area (Å²) in [4.78, 5) is 24.7. The van der Waals surface area contributed by atoms with Gasteiger partial charge in [-0.3, -0.25) is 9.59 Å². The number of nitrogens with zero attached hydrogens (tertiary/aromatic N) is 1. The normalized spacial score (nSPS) is 29.0. The second-order valence-corrected chi connectivity index (χ2v) is 4.92. The third kappa shape index (κ3) is 3.43. The van der Waals surface area contributed by atoms with E-state index in [1.165, 1.54) is 0 Å². The van der Waals surface area contributed by atoms with Crippen molar-refractivity contribution in [2.45, 2.75) is 25.4 Å². The number of morpholine rings is 1. The van der Waals surface area contributed by atoms with Crippen LogP contribution in [-0.2, 0) is 14.3 Å². The molecule has 0 spiro atoms. The first-order valence-electron chi connectivity index (χ1n) is 6.49. The Morgan fingerprint density at radius 3 is 2.94 bits per heavy atom. The van der Waals surface area contributed by atoms with Crippen LogP contribution in [0.15, 0.2) is 0 Å². The van der Waals surface area contributed by atoms with Gasteiger partial charge in [-0.25, -0.2) is 0 Å². The summed E-state index contributed by atoms with van der Waals surface area (Å²) in [6.45, 7) is 3.17. The van der Waals surface area contributed by atoms with Crippen LogP contribution in [0.2, 0.25) is 0 Å². The van der Waals surface area contributed by atoms with Crippen LogP contribution in [0.25, 0.3) is 0 Å². The molecule has 102 valence electrons. The summed E-state index contributed by atoms with van der Waals surface area (Å²) in [5.74, 6) is -1.20. The molecule has 2 heterocycles. The van der Waals surface area contributed by atoms with Crippen molar-refractivity contribution in [2.75, 3.05) is 32.8 Å². The smallest absolute Gasteiger partial charge is 0.308 e. The van der Waals surface area contributed by atoms with E-state index in [0.29, 0.717) is 39.1 Å². The second kappa shape index (κ2) is 6.15. The van der Waals surface area contributed by atoms with Crippen molar-refractivity contribution in [3.05, 3.63) is 0 Å². The third-order valence-corrected chi connectivity index (χ3v) is 3.53. The van der Waals surface area contributed by atoms with Crippen molar-refractivity contribution in [2.24, 2.45) is 5.92 Å². The van der Waals surface area contributed by atoms with E-state index in [9.17, 15) is 9.59 Å². The van der Waals surface area contributed by atoms with Crippen LogP contribution in [0.5, 0.6) is 0 Å². The quantitative estimate of drug-likeness (QED) is 0.724. The van der Waals surface area contributed by atoms with Gasteiger partial charge in [0, 0.05) is 26.2 Å². The number of carboxylic acid groups (broad SMARTS) is 1. The molecule has 0 saturated carbocycles. The molecule has 2 fully saturated rings. The van der Waals surface area contributed by atoms with Gasteiger partial charge in [-0.1, -0.05) is 0 Å². The number of amides is 1. The molecule has 1 unspecified atom stereocenters. The summed E-state index contributed by atoms with van der Waals surface area (Å²) in [5.41, 5.74) is 0. The predicted octanol–water partition coefficient (Wildman–Crippen LogP) is -0.312. The van der Waals surface area contributed by atoms with Crippen LogP contribution in [0.1, 0.15) is 19.3 Å². The molecule has 2 atom stereocenters. The van der Waals surface area contributed by atoms with Crippen LogP contribution in [0.4, 0.5) is 0 Å². The fraction of sp³-hybridized carbons (Fsp3) is 0.833. The lowest BCUT2D eigenvalue weighted by Crippen LogP contribution is -2.46. The molecule has 0 radical (unpaired) electrons. The van der Waals surface area contributed by atoms with Gasteiger partial charge >= 0.3 is 5.97 Å². The topological polar surface area (TPSA) is 78.9 Å². The Morgan fingerprint density at radius 2 is 2.28 bits per heavy atom. The minimum absolute atomic E-state index is 0.00894. The van der Waals surface area contributed by atoms with E-state index >= 15 is 0 Å². The number of carbonyl (C=O) groups excluding carboxylic acids is 1. The van der Waals surface area contributed by atoms with E-state index in [0.717, 1.165) is 13.0 Å². The van der Waals surface area contributed by atoms with Crippen LogP contribution < -0.4 is 5.32 Å². The van der Waals surface area contributed by atoms with Gasteiger partial charge in [0.2, 0.25) is 5.91 Å². The lowest BCUT2D eigenvalue weighted by Gasteiger charge is -2.32. The molecule has 1 amide bonds. The molecule has 0 aromatic heterocycles. The number of aliphatic carboxylic acids is 1. The first-order valence-corrected chi connectivity index (χ1v) is 6.49. The molecule has 0 bridgehead atoms. The Bertz CT molecular complexity index is 315. The Labute approximate surface area is 106 Å². The first kappa shape index (κ1) is 13.3. The molecule has 2 N–H and O–H groups in total. The molecule has 0 aromatic rings. The first-order chi connectivity index (χ1) is 8.66. The van der Waals surface area contributed by atoms with Crippen molar-refractivity contribution < 1.29 is 19.4 Å². The number of ether oxygens (including phenoxy) is 1. The highest BCUT2D eigenvalue weighted by Crippen LogP contribution is 2.18. The molecule has 6 nitrogen and oxygen atoms in total. The van der Waals surface area contributed by atoms with Crippen LogP contribution >= 0.6 is 0 Å². The number of carboxylic acids is 1. The summed E-state index contributed by atoms with van der Waals surface area (Å²) < 4.78 is 5.49. The maximum absolute atomic E-state index is 12.1. The summed E-state index contributed by atoms with van der Waals surface area (Å²) >= 11 is 0. The average Bonchev–Trinajstić information content (AvgIpc) is 2.40. The molecule has 2 aliphatic rings. The number of carbonyl (C=O) groups is 2. The number of hydrogen-bond acceptors (Lipinski definition) is 4. The predicted molar refractivity (Wildman–Crippen MR) is 64.2 cm³/mol. The van der Waals surface area contributed by atoms with Gasteiger partial charge in [-0.05, 0) is 12.8 Å². The molecule has 0 aromatic carbocycles. The van der Waals surface area contributed by atoms with E-state index in [-0.39, 0.29) is 12.0 Å². The monoisotopic (exact) mass is 256 g/mol. The zero-order valence-corrected chi connectivity index (χ0v) is 10.4. The molecule has 6 heteroatoms. The minimum Gasteiger partial charge on any atom is -0.481 e. The van der Waals surface area contributed by atoms with Crippen LogP contribution in [0, 0.1) is 5.92 Å². The van der Waals surface area contributed by atoms with Gasteiger partial charge in [0.15, 0.2) is 0 Å². The highest BCUT2D eigenvalue weighted by Gasteiger charge is 2.29. The Morgan fingerprint density at radius 1 is 1.44 bits per heavy atom. The zero-order valence-electron chi connectivity index (χ0n) is 10.4. The lowest BCUT2D eigenvalue weighted by molar-refractivity contribution is -0.146. The van der Waals surface area contributed by atoms with Gasteiger partial charge in [0.25, 0.3) is 0 Å². The van der Waals surface area contributed by atoms with Crippen molar-refractivity contribution in [3.63, 3.8) is 0 Å². The maximum atomic E-state index is 12.1. The van der Waals surface area contributed by atoms with Crippen molar-refractivity contribution in [1.29, 1.82) is 0 Å². The number of likely N-dealkylation sites (tertiary alicyclic amines) is 1. The molecular weight excluding hydrogens is 236 g/mol. The standard InChI is InChI=1S/C12H20N2O4/c15-11(6-10-7-13-3-5-18-10)14-4-1-2-9(8-14)12(16)17/h9-10,13H,1-8H2,(H,16,17)/t9-,10?/m0/s1. The number of hydrogen-bond donors (Lipinski definition) is 2. The van der Waals surface area contributed by atoms with Gasteiger partial charge in [-0.15, -0.1) is 0 Å². The molecule has 2 saturated heterocycles. The Balaban J connectivity index is 1.82. The van der Waals surface area contributed by atoms with E-state index in [1.54, 1.807) is 4.90 Å². The van der Waals surface area contributed by atoms with Gasteiger partial charge in [0.05, 0.1) is 25.0 Å². The SMILES string of the molecule is O=C(O)[C@H]1CCCN(C(=O)CC2CNCCO2)C1. The molecule has 2 rings (SSSR count). The van der Waals surface area contributed by atoms with Crippen LogP contribution in [-0.4, -0.2) is 60.8 Å². The summed E-state index contributed by atoms with van der Waals surface area (Å²) in [6, 6.07) is 0. The molecular formula is C12H20N2O4. The lowest BCUT2D eigenvalue weighted by atomic mass is 9.98. The average molecular weight is 256 g/mol. The van der Waals surface area contributed by atoms with E-state index < -0.39 is 11.9 Å². The summed E-state index contributed by atoms with van der Waals surface area (Å²) in [5, 5.41) is 12.2. The highest BCUT2D eigenvalue weighted by atomic mass is 16.5. The van der Waals surface area contributed by atoms with E-state index in [2.05, 4.69) is 5.32 Å². The van der Waals surface area contributed by atoms with Crippen molar-refractivity contribution in [3.8, 4) is 0 Å². The van der Waals surface area contributed by atoms with Gasteiger partial charge < -0.3 is 20.1 Å². The fourth-order valence-electron chi connectivity index (χ4n) is 2.48. The van der Waals surface area contributed by atoms with Crippen LogP contribution in [0.3, 0.4) is 0 Å². The molecule has 0 aliphatic carbocycles. The van der Waals surface area contributed by atoms with E-state index in [1.807, 2.05) is 0 Å². The molecule has 2 aliphatic heterocycles. The van der Waals surface area contributed by atoms with Crippen molar-refractivity contribution in [1.82, 2.24) is 10.2 Å². The largest absolute Gasteiger partial charge is 0.481 e. The zero-order chi connectivity index (χ0) is 13.0.